The molecule has 3 heteroatoms. The van der Waals surface area contributed by atoms with Crippen molar-refractivity contribution < 1.29 is 9.47 Å². The number of methoxy groups -OCH3 is 1. The third kappa shape index (κ3) is 4.00. The molecule has 1 saturated carbocycles. The molecule has 2 rings (SSSR count). The van der Waals surface area contributed by atoms with Gasteiger partial charge >= 0.3 is 0 Å². The van der Waals surface area contributed by atoms with Crippen molar-refractivity contribution in [3.63, 3.8) is 0 Å². The van der Waals surface area contributed by atoms with Crippen LogP contribution in [-0.4, -0.2) is 19.8 Å². The van der Waals surface area contributed by atoms with Gasteiger partial charge in [0.25, 0.3) is 0 Å². The third-order valence-corrected chi connectivity index (χ3v) is 3.90. The lowest BCUT2D eigenvalue weighted by atomic mass is 9.88. The molecule has 1 aliphatic carbocycles. The maximum absolute atomic E-state index is 5.82. The maximum Gasteiger partial charge on any atom is 0.120 e. The highest BCUT2D eigenvalue weighted by Crippen LogP contribution is 2.27. The molecular weight excluding hydrogens is 280 g/mol. The number of hydrogen-bond acceptors (Lipinski definition) is 2. The fourth-order valence-electron chi connectivity index (χ4n) is 2.31. The normalized spacial score (nSPS) is 24.6. The first-order valence-corrected chi connectivity index (χ1v) is 6.98. The van der Waals surface area contributed by atoms with Crippen LogP contribution in [-0.2, 0) is 4.74 Å². The van der Waals surface area contributed by atoms with Gasteiger partial charge in [-0.05, 0) is 49.8 Å². The van der Waals surface area contributed by atoms with Gasteiger partial charge in [0.1, 0.15) is 5.75 Å². The molecule has 0 saturated heterocycles. The number of rotatable bonds is 4. The highest BCUT2D eigenvalue weighted by Gasteiger charge is 2.21. The molecule has 17 heavy (non-hydrogen) atoms. The predicted octanol–water partition coefficient (Wildman–Crippen LogP) is 4.03. The summed E-state index contributed by atoms with van der Waals surface area (Å²) in [6.07, 6.45) is 5.24. The third-order valence-electron chi connectivity index (χ3n) is 3.41. The Labute approximate surface area is 111 Å². The molecule has 0 bridgehead atoms. The van der Waals surface area contributed by atoms with Gasteiger partial charge in [0.2, 0.25) is 0 Å². The van der Waals surface area contributed by atoms with E-state index in [1.807, 2.05) is 31.4 Å². The van der Waals surface area contributed by atoms with Crippen LogP contribution < -0.4 is 4.74 Å². The van der Waals surface area contributed by atoms with Gasteiger partial charge in [-0.15, -0.1) is 0 Å². The van der Waals surface area contributed by atoms with Crippen LogP contribution >= 0.6 is 15.9 Å². The molecule has 1 aliphatic rings. The molecule has 0 N–H and O–H groups in total. The molecule has 0 spiro atoms. The SMILES string of the molecule is CO[C@H]1CC[C@H](COc2cccc(Br)c2)CC1. The van der Waals surface area contributed by atoms with Gasteiger partial charge in [0.15, 0.2) is 0 Å². The van der Waals surface area contributed by atoms with E-state index in [9.17, 15) is 0 Å². The lowest BCUT2D eigenvalue weighted by Crippen LogP contribution is -2.24. The predicted molar refractivity (Wildman–Crippen MR) is 72.4 cm³/mol. The highest BCUT2D eigenvalue weighted by molar-refractivity contribution is 9.10. The van der Waals surface area contributed by atoms with Gasteiger partial charge in [-0.2, -0.15) is 0 Å². The Morgan fingerprint density at radius 1 is 1.24 bits per heavy atom. The van der Waals surface area contributed by atoms with Crippen LogP contribution in [0.1, 0.15) is 25.7 Å². The van der Waals surface area contributed by atoms with E-state index in [-0.39, 0.29) is 0 Å². The topological polar surface area (TPSA) is 18.5 Å². The lowest BCUT2D eigenvalue weighted by Gasteiger charge is -2.27. The fraction of sp³-hybridized carbons (Fsp3) is 0.571. The Hall–Kier alpha value is -0.540. The first-order chi connectivity index (χ1) is 8.28. The maximum atomic E-state index is 5.82. The van der Waals surface area contributed by atoms with Crippen LogP contribution in [0.5, 0.6) is 5.75 Å². The van der Waals surface area contributed by atoms with E-state index in [4.69, 9.17) is 9.47 Å². The average molecular weight is 299 g/mol. The van der Waals surface area contributed by atoms with E-state index >= 15 is 0 Å². The summed E-state index contributed by atoms with van der Waals surface area (Å²) in [6.45, 7) is 0.826. The molecule has 1 aromatic rings. The van der Waals surface area contributed by atoms with Gasteiger partial charge in [-0.3, -0.25) is 0 Å². The van der Waals surface area contributed by atoms with Crippen molar-refractivity contribution in [3.05, 3.63) is 28.7 Å². The molecule has 0 aliphatic heterocycles. The lowest BCUT2D eigenvalue weighted by molar-refractivity contribution is 0.0482. The van der Waals surface area contributed by atoms with Crippen molar-refractivity contribution in [2.75, 3.05) is 13.7 Å². The van der Waals surface area contributed by atoms with Gasteiger partial charge in [-0.25, -0.2) is 0 Å². The van der Waals surface area contributed by atoms with Crippen LogP contribution in [0, 0.1) is 5.92 Å². The fourth-order valence-corrected chi connectivity index (χ4v) is 2.68. The molecule has 0 atom stereocenters. The molecule has 0 amide bonds. The zero-order chi connectivity index (χ0) is 12.1. The Kier molecular flexibility index (Phi) is 4.86. The van der Waals surface area contributed by atoms with Crippen LogP contribution in [0.15, 0.2) is 28.7 Å². The molecule has 0 unspecified atom stereocenters. The molecular formula is C14H19BrO2. The summed E-state index contributed by atoms with van der Waals surface area (Å²) < 4.78 is 12.3. The zero-order valence-electron chi connectivity index (χ0n) is 10.2. The summed E-state index contributed by atoms with van der Waals surface area (Å²) in [6, 6.07) is 8.03. The second-order valence-corrected chi connectivity index (χ2v) is 5.56. The Bertz CT molecular complexity index is 346. The van der Waals surface area contributed by atoms with Crippen molar-refractivity contribution in [2.24, 2.45) is 5.92 Å². The van der Waals surface area contributed by atoms with E-state index in [2.05, 4.69) is 15.9 Å². The monoisotopic (exact) mass is 298 g/mol. The molecule has 1 fully saturated rings. The summed E-state index contributed by atoms with van der Waals surface area (Å²) in [5, 5.41) is 0. The van der Waals surface area contributed by atoms with Gasteiger partial charge < -0.3 is 9.47 Å². The standard InChI is InChI=1S/C14H19BrO2/c1-16-13-7-5-11(6-8-13)10-17-14-4-2-3-12(15)9-14/h2-4,9,11,13H,5-8,10H2,1H3/t11-,13-. The largest absolute Gasteiger partial charge is 0.493 e. The summed E-state index contributed by atoms with van der Waals surface area (Å²) in [7, 11) is 1.81. The highest BCUT2D eigenvalue weighted by atomic mass is 79.9. The number of hydrogen-bond donors (Lipinski definition) is 0. The first-order valence-electron chi connectivity index (χ1n) is 6.19. The average Bonchev–Trinajstić information content (AvgIpc) is 2.37. The Morgan fingerprint density at radius 3 is 2.65 bits per heavy atom. The van der Waals surface area contributed by atoms with Crippen molar-refractivity contribution in [1.29, 1.82) is 0 Å². The second kappa shape index (κ2) is 6.41. The minimum absolute atomic E-state index is 0.470. The molecule has 1 aromatic carbocycles. The van der Waals surface area contributed by atoms with Gasteiger partial charge in [-0.1, -0.05) is 22.0 Å². The Balaban J connectivity index is 1.76. The summed E-state index contributed by atoms with van der Waals surface area (Å²) >= 11 is 3.45. The zero-order valence-corrected chi connectivity index (χ0v) is 11.8. The van der Waals surface area contributed by atoms with Crippen LogP contribution in [0.2, 0.25) is 0 Å². The van der Waals surface area contributed by atoms with Crippen molar-refractivity contribution >= 4 is 15.9 Å². The molecule has 0 radical (unpaired) electrons. The second-order valence-electron chi connectivity index (χ2n) is 4.65. The molecule has 0 aromatic heterocycles. The van der Waals surface area contributed by atoms with E-state index in [1.54, 1.807) is 0 Å². The smallest absolute Gasteiger partial charge is 0.120 e. The van der Waals surface area contributed by atoms with Crippen molar-refractivity contribution in [1.82, 2.24) is 0 Å². The van der Waals surface area contributed by atoms with Crippen molar-refractivity contribution in [2.45, 2.75) is 31.8 Å². The minimum Gasteiger partial charge on any atom is -0.493 e. The van der Waals surface area contributed by atoms with Crippen LogP contribution in [0.3, 0.4) is 0 Å². The number of halogens is 1. The summed E-state index contributed by atoms with van der Waals surface area (Å²) in [5.41, 5.74) is 0. The number of benzene rings is 1. The summed E-state index contributed by atoms with van der Waals surface area (Å²) in [4.78, 5) is 0. The number of ether oxygens (including phenoxy) is 2. The van der Waals surface area contributed by atoms with E-state index in [0.29, 0.717) is 12.0 Å². The van der Waals surface area contributed by atoms with E-state index in [1.165, 1.54) is 25.7 Å². The van der Waals surface area contributed by atoms with E-state index < -0.39 is 0 Å². The molecule has 0 heterocycles. The summed E-state index contributed by atoms with van der Waals surface area (Å²) in [5.74, 6) is 1.63. The molecule has 2 nitrogen and oxygen atoms in total. The van der Waals surface area contributed by atoms with Gasteiger partial charge in [0, 0.05) is 11.6 Å². The van der Waals surface area contributed by atoms with Crippen LogP contribution in [0.25, 0.3) is 0 Å². The Morgan fingerprint density at radius 2 is 2.00 bits per heavy atom. The van der Waals surface area contributed by atoms with Gasteiger partial charge in [0.05, 0.1) is 12.7 Å². The minimum atomic E-state index is 0.470. The first kappa shape index (κ1) is 12.9. The quantitative estimate of drug-likeness (QED) is 0.835. The molecule has 94 valence electrons. The van der Waals surface area contributed by atoms with E-state index in [0.717, 1.165) is 16.8 Å². The van der Waals surface area contributed by atoms with Crippen molar-refractivity contribution in [3.8, 4) is 5.75 Å². The van der Waals surface area contributed by atoms with Crippen LogP contribution in [0.4, 0.5) is 0 Å².